The quantitative estimate of drug-likeness (QED) is 0.180. The molecule has 1 heterocycles. The lowest BCUT2D eigenvalue weighted by Gasteiger charge is -2.08. The van der Waals surface area contributed by atoms with Crippen LogP contribution in [-0.4, -0.2) is 21.8 Å². The van der Waals surface area contributed by atoms with Gasteiger partial charge in [0.25, 0.3) is 11.8 Å². The lowest BCUT2D eigenvalue weighted by Crippen LogP contribution is -2.16. The van der Waals surface area contributed by atoms with Crippen molar-refractivity contribution in [1.82, 2.24) is 9.97 Å². The second-order valence-electron chi connectivity index (χ2n) is 9.33. The number of primary amides is 1. The molecule has 0 bridgehead atoms. The van der Waals surface area contributed by atoms with Gasteiger partial charge in [0, 0.05) is 0 Å². The first-order valence-electron chi connectivity index (χ1n) is 13.2. The summed E-state index contributed by atoms with van der Waals surface area (Å²) >= 11 is 0. The number of unbranched alkanes of at least 4 members (excludes halogenated alkanes) is 13. The van der Waals surface area contributed by atoms with Gasteiger partial charge in [-0.1, -0.05) is 103 Å². The number of nitrogens with one attached hydrogen (secondary N) is 1. The number of carbonyl (C=O) groups is 2. The molecule has 188 valence electrons. The summed E-state index contributed by atoms with van der Waals surface area (Å²) in [6, 6.07) is 5.80. The number of rotatable bonds is 18. The molecule has 0 radical (unpaired) electrons. The van der Waals surface area contributed by atoms with Crippen LogP contribution in [-0.2, 0) is 6.42 Å². The number of amides is 1. The number of aromatic nitrogens is 2. The molecule has 3 N–H and O–H groups in total. The van der Waals surface area contributed by atoms with Crippen LogP contribution in [0.2, 0.25) is 0 Å². The van der Waals surface area contributed by atoms with E-state index in [1.54, 1.807) is 6.07 Å². The minimum absolute atomic E-state index is 0.0135. The molecule has 6 nitrogen and oxygen atoms in total. The van der Waals surface area contributed by atoms with Crippen LogP contribution >= 0.6 is 0 Å². The summed E-state index contributed by atoms with van der Waals surface area (Å²) in [5.74, 6) is -1.36. The first-order chi connectivity index (χ1) is 16.5. The minimum Gasteiger partial charge on any atom is -0.401 e. The summed E-state index contributed by atoms with van der Waals surface area (Å²) in [4.78, 5) is 30.3. The normalized spacial score (nSPS) is 11.0. The van der Waals surface area contributed by atoms with Crippen LogP contribution in [0.15, 0.2) is 24.5 Å². The SMILES string of the molecule is CCCCCCCCCCCCCCCCc1ccc(C(=O)Oc2nc[nH]c2C(N)=O)c(C)c1. The number of hydrogen-bond donors (Lipinski definition) is 2. The average molecular weight is 470 g/mol. The largest absolute Gasteiger partial charge is 0.401 e. The van der Waals surface area contributed by atoms with Crippen molar-refractivity contribution in [3.8, 4) is 5.88 Å². The maximum absolute atomic E-state index is 12.5. The van der Waals surface area contributed by atoms with E-state index in [-0.39, 0.29) is 11.6 Å². The summed E-state index contributed by atoms with van der Waals surface area (Å²) in [6.07, 6.45) is 21.3. The topological polar surface area (TPSA) is 98.1 Å². The maximum atomic E-state index is 12.5. The number of nitrogens with two attached hydrogens (primary N) is 1. The van der Waals surface area contributed by atoms with Gasteiger partial charge in [-0.3, -0.25) is 4.79 Å². The number of imidazole rings is 1. The fourth-order valence-electron chi connectivity index (χ4n) is 4.31. The number of ether oxygens (including phenoxy) is 1. The van der Waals surface area contributed by atoms with Crippen molar-refractivity contribution < 1.29 is 14.3 Å². The van der Waals surface area contributed by atoms with E-state index in [0.717, 1.165) is 18.4 Å². The van der Waals surface area contributed by atoms with E-state index in [0.29, 0.717) is 5.56 Å². The molecule has 0 fully saturated rings. The predicted molar refractivity (Wildman–Crippen MR) is 137 cm³/mol. The standard InChI is InChI=1S/C28H43N3O3/c1-3-4-5-6-7-8-9-10-11-12-13-14-15-16-17-23-18-19-24(22(2)20-23)28(33)34-27-25(26(29)32)30-21-31-27/h18-21H,3-17H2,1-2H3,(H2,29,32)(H,30,31). The Kier molecular flexibility index (Phi) is 13.1. The molecule has 1 aromatic carbocycles. The van der Waals surface area contributed by atoms with Gasteiger partial charge in [-0.2, -0.15) is 0 Å². The number of nitrogens with zero attached hydrogens (tertiary/aromatic N) is 1. The van der Waals surface area contributed by atoms with Gasteiger partial charge in [-0.05, 0) is 37.0 Å². The molecule has 1 amide bonds. The zero-order chi connectivity index (χ0) is 24.6. The Labute approximate surface area is 205 Å². The van der Waals surface area contributed by atoms with Crippen molar-refractivity contribution >= 4 is 11.9 Å². The molecular weight excluding hydrogens is 426 g/mol. The number of esters is 1. The van der Waals surface area contributed by atoms with Crippen molar-refractivity contribution in [3.05, 3.63) is 46.9 Å². The van der Waals surface area contributed by atoms with E-state index in [1.165, 1.54) is 95.4 Å². The van der Waals surface area contributed by atoms with Crippen LogP contribution in [0.3, 0.4) is 0 Å². The summed E-state index contributed by atoms with van der Waals surface area (Å²) in [5, 5.41) is 0. The van der Waals surface area contributed by atoms with Gasteiger partial charge in [-0.15, -0.1) is 0 Å². The lowest BCUT2D eigenvalue weighted by atomic mass is 10.00. The van der Waals surface area contributed by atoms with Gasteiger partial charge in [-0.25, -0.2) is 9.78 Å². The van der Waals surface area contributed by atoms with Crippen LogP contribution in [0.1, 0.15) is 129 Å². The monoisotopic (exact) mass is 469 g/mol. The van der Waals surface area contributed by atoms with E-state index < -0.39 is 11.9 Å². The molecule has 0 spiro atoms. The van der Waals surface area contributed by atoms with Crippen LogP contribution in [0, 0.1) is 6.92 Å². The molecule has 1 aromatic heterocycles. The molecular formula is C28H43N3O3. The number of H-pyrrole nitrogens is 1. The summed E-state index contributed by atoms with van der Waals surface area (Å²) in [6.45, 7) is 4.16. The smallest absolute Gasteiger partial charge is 0.345 e. The third kappa shape index (κ3) is 10.1. The summed E-state index contributed by atoms with van der Waals surface area (Å²) < 4.78 is 5.26. The van der Waals surface area contributed by atoms with Gasteiger partial charge >= 0.3 is 5.97 Å². The van der Waals surface area contributed by atoms with Gasteiger partial charge < -0.3 is 15.5 Å². The first-order valence-corrected chi connectivity index (χ1v) is 13.2. The Morgan fingerprint density at radius 1 is 0.882 bits per heavy atom. The third-order valence-corrected chi connectivity index (χ3v) is 6.37. The Morgan fingerprint density at radius 3 is 1.97 bits per heavy atom. The molecule has 0 saturated heterocycles. The molecule has 6 heteroatoms. The number of hydrogen-bond acceptors (Lipinski definition) is 4. The average Bonchev–Trinajstić information content (AvgIpc) is 3.27. The molecule has 0 atom stereocenters. The number of benzene rings is 1. The van der Waals surface area contributed by atoms with Gasteiger partial charge in [0.1, 0.15) is 0 Å². The summed E-state index contributed by atoms with van der Waals surface area (Å²) in [7, 11) is 0. The Bertz CT molecular complexity index is 876. The van der Waals surface area contributed by atoms with Crippen molar-refractivity contribution in [1.29, 1.82) is 0 Å². The second-order valence-corrected chi connectivity index (χ2v) is 9.33. The highest BCUT2D eigenvalue weighted by Gasteiger charge is 2.18. The highest BCUT2D eigenvalue weighted by Crippen LogP contribution is 2.19. The predicted octanol–water partition coefficient (Wildman–Crippen LogP) is 7.06. The van der Waals surface area contributed by atoms with E-state index >= 15 is 0 Å². The maximum Gasteiger partial charge on any atom is 0.345 e. The van der Waals surface area contributed by atoms with Crippen LogP contribution < -0.4 is 10.5 Å². The molecule has 34 heavy (non-hydrogen) atoms. The Hall–Kier alpha value is -2.63. The highest BCUT2D eigenvalue weighted by atomic mass is 16.5. The fourth-order valence-corrected chi connectivity index (χ4v) is 4.31. The summed E-state index contributed by atoms with van der Waals surface area (Å²) in [5.41, 5.74) is 7.77. The Balaban J connectivity index is 1.57. The van der Waals surface area contributed by atoms with Crippen molar-refractivity contribution in [3.63, 3.8) is 0 Å². The van der Waals surface area contributed by atoms with Crippen molar-refractivity contribution in [2.75, 3.05) is 0 Å². The van der Waals surface area contributed by atoms with Crippen LogP contribution in [0.25, 0.3) is 0 Å². The molecule has 0 saturated carbocycles. The minimum atomic E-state index is -0.722. The molecule has 0 unspecified atom stereocenters. The molecule has 2 aromatic rings. The zero-order valence-electron chi connectivity index (χ0n) is 21.2. The molecule has 0 aliphatic rings. The molecule has 0 aliphatic heterocycles. The van der Waals surface area contributed by atoms with Gasteiger partial charge in [0.05, 0.1) is 11.9 Å². The number of carbonyl (C=O) groups excluding carboxylic acids is 2. The zero-order valence-corrected chi connectivity index (χ0v) is 21.2. The number of aryl methyl sites for hydroxylation is 2. The van der Waals surface area contributed by atoms with E-state index in [2.05, 4.69) is 16.9 Å². The van der Waals surface area contributed by atoms with Gasteiger partial charge in [0.2, 0.25) is 0 Å². The fraction of sp³-hybridized carbons (Fsp3) is 0.607. The Morgan fingerprint density at radius 2 is 1.44 bits per heavy atom. The number of aromatic amines is 1. The molecule has 0 aliphatic carbocycles. The van der Waals surface area contributed by atoms with E-state index in [4.69, 9.17) is 10.5 Å². The van der Waals surface area contributed by atoms with Crippen LogP contribution in [0.5, 0.6) is 5.88 Å². The van der Waals surface area contributed by atoms with E-state index in [9.17, 15) is 9.59 Å². The first kappa shape index (κ1) is 27.6. The van der Waals surface area contributed by atoms with E-state index in [1.807, 2.05) is 19.1 Å². The van der Waals surface area contributed by atoms with Gasteiger partial charge in [0.15, 0.2) is 5.69 Å². The third-order valence-electron chi connectivity index (χ3n) is 6.37. The highest BCUT2D eigenvalue weighted by molar-refractivity contribution is 5.96. The van der Waals surface area contributed by atoms with Crippen LogP contribution in [0.4, 0.5) is 0 Å². The van der Waals surface area contributed by atoms with Crippen molar-refractivity contribution in [2.24, 2.45) is 5.73 Å². The molecule has 2 rings (SSSR count). The lowest BCUT2D eigenvalue weighted by molar-refractivity contribution is 0.0725. The second kappa shape index (κ2) is 16.1. The van der Waals surface area contributed by atoms with Crippen molar-refractivity contribution in [2.45, 2.75) is 110 Å².